The van der Waals surface area contributed by atoms with Crippen LogP contribution < -0.4 is 4.90 Å². The van der Waals surface area contributed by atoms with Crippen LogP contribution >= 0.6 is 0 Å². The van der Waals surface area contributed by atoms with Crippen LogP contribution in [0.5, 0.6) is 5.75 Å². The molecule has 2 aromatic carbocycles. The number of nitro benzene ring substituents is 2. The van der Waals surface area contributed by atoms with E-state index in [0.717, 1.165) is 24.8 Å². The molecule has 1 saturated heterocycles. The lowest BCUT2D eigenvalue weighted by Gasteiger charge is -2.28. The number of anilines is 1. The molecule has 0 amide bonds. The summed E-state index contributed by atoms with van der Waals surface area (Å²) in [6.07, 6.45) is 1.17. The number of nitro groups is 2. The van der Waals surface area contributed by atoms with Crippen molar-refractivity contribution in [2.24, 2.45) is 4.99 Å². The highest BCUT2D eigenvalue weighted by Gasteiger charge is 2.23. The van der Waals surface area contributed by atoms with E-state index in [-0.39, 0.29) is 5.56 Å². The average Bonchev–Trinajstić information content (AvgIpc) is 2.68. The first kappa shape index (κ1) is 18.3. The van der Waals surface area contributed by atoms with Crippen molar-refractivity contribution >= 4 is 29.0 Å². The fraction of sp³-hybridized carbons (Fsp3) is 0.235. The average molecular weight is 372 g/mol. The first-order valence-corrected chi connectivity index (χ1v) is 8.08. The van der Waals surface area contributed by atoms with Gasteiger partial charge in [-0.05, 0) is 24.3 Å². The van der Waals surface area contributed by atoms with Crippen molar-refractivity contribution in [2.45, 2.75) is 0 Å². The summed E-state index contributed by atoms with van der Waals surface area (Å²) in [6.45, 7) is 2.94. The fourth-order valence-electron chi connectivity index (χ4n) is 2.68. The van der Waals surface area contributed by atoms with Crippen molar-refractivity contribution in [3.63, 3.8) is 0 Å². The number of nitrogens with zero attached hydrogens (tertiary/aromatic N) is 4. The lowest BCUT2D eigenvalue weighted by molar-refractivity contribution is -0.394. The maximum Gasteiger partial charge on any atom is 0.318 e. The van der Waals surface area contributed by atoms with E-state index in [2.05, 4.69) is 9.89 Å². The summed E-state index contributed by atoms with van der Waals surface area (Å²) in [5, 5.41) is 31.9. The minimum Gasteiger partial charge on any atom is -0.502 e. The molecule has 10 heteroatoms. The molecule has 0 atom stereocenters. The summed E-state index contributed by atoms with van der Waals surface area (Å²) >= 11 is 0. The molecule has 0 unspecified atom stereocenters. The zero-order valence-corrected chi connectivity index (χ0v) is 14.1. The first-order valence-electron chi connectivity index (χ1n) is 8.08. The van der Waals surface area contributed by atoms with E-state index in [1.165, 1.54) is 6.21 Å². The second-order valence-corrected chi connectivity index (χ2v) is 5.79. The lowest BCUT2D eigenvalue weighted by atomic mass is 10.1. The van der Waals surface area contributed by atoms with Crippen LogP contribution in [-0.2, 0) is 4.74 Å². The molecule has 0 radical (unpaired) electrons. The van der Waals surface area contributed by atoms with Crippen molar-refractivity contribution in [2.75, 3.05) is 31.2 Å². The minimum atomic E-state index is -0.878. The SMILES string of the molecule is O=[N+]([O-])c1cc(C=Nc2ccc(N3CCOCC3)cc2)c(O)c([N+](=O)[O-])c1. The summed E-state index contributed by atoms with van der Waals surface area (Å²) in [4.78, 5) is 26.6. The Morgan fingerprint density at radius 1 is 1.07 bits per heavy atom. The highest BCUT2D eigenvalue weighted by molar-refractivity contribution is 5.88. The van der Waals surface area contributed by atoms with Gasteiger partial charge in [0.25, 0.3) is 5.69 Å². The van der Waals surface area contributed by atoms with E-state index < -0.39 is 27.0 Å². The summed E-state index contributed by atoms with van der Waals surface area (Å²) in [7, 11) is 0. The van der Waals surface area contributed by atoms with Gasteiger partial charge in [-0.3, -0.25) is 25.2 Å². The Kier molecular flexibility index (Phi) is 5.27. The van der Waals surface area contributed by atoms with E-state index in [0.29, 0.717) is 25.0 Å². The quantitative estimate of drug-likeness (QED) is 0.485. The van der Waals surface area contributed by atoms with Crippen molar-refractivity contribution in [1.29, 1.82) is 0 Å². The van der Waals surface area contributed by atoms with Gasteiger partial charge in [-0.25, -0.2) is 0 Å². The summed E-state index contributed by atoms with van der Waals surface area (Å²) in [5.74, 6) is -0.667. The third-order valence-electron chi connectivity index (χ3n) is 4.09. The van der Waals surface area contributed by atoms with Gasteiger partial charge in [0, 0.05) is 36.6 Å². The summed E-state index contributed by atoms with van der Waals surface area (Å²) < 4.78 is 5.31. The molecule has 0 bridgehead atoms. The van der Waals surface area contributed by atoms with E-state index >= 15 is 0 Å². The number of hydrogen-bond acceptors (Lipinski definition) is 8. The minimum absolute atomic E-state index is 0.104. The standard InChI is InChI=1S/C17H16N4O6/c22-17-12(9-15(20(23)24)10-16(17)21(25)26)11-18-13-1-3-14(4-2-13)19-5-7-27-8-6-19/h1-4,9-11,22H,5-8H2. The fourth-order valence-corrected chi connectivity index (χ4v) is 2.68. The van der Waals surface area contributed by atoms with E-state index in [1.807, 2.05) is 12.1 Å². The number of aromatic hydroxyl groups is 1. The molecule has 0 saturated carbocycles. The molecule has 1 fully saturated rings. The zero-order valence-electron chi connectivity index (χ0n) is 14.1. The van der Waals surface area contributed by atoms with E-state index in [4.69, 9.17) is 4.74 Å². The maximum atomic E-state index is 11.0. The largest absolute Gasteiger partial charge is 0.502 e. The van der Waals surface area contributed by atoms with Crippen molar-refractivity contribution in [3.8, 4) is 5.75 Å². The molecule has 1 aliphatic heterocycles. The molecular weight excluding hydrogens is 356 g/mol. The Labute approximate surface area is 153 Å². The Morgan fingerprint density at radius 3 is 2.33 bits per heavy atom. The van der Waals surface area contributed by atoms with Gasteiger partial charge in [0.05, 0.1) is 34.8 Å². The molecule has 27 heavy (non-hydrogen) atoms. The number of non-ortho nitro benzene ring substituents is 1. The van der Waals surface area contributed by atoms with Gasteiger partial charge in [0.2, 0.25) is 5.75 Å². The molecule has 1 aliphatic rings. The lowest BCUT2D eigenvalue weighted by Crippen LogP contribution is -2.36. The Hall–Kier alpha value is -3.53. The molecule has 0 aromatic heterocycles. The van der Waals surface area contributed by atoms with Gasteiger partial charge in [0.1, 0.15) is 0 Å². The van der Waals surface area contributed by atoms with Crippen LogP contribution in [0.1, 0.15) is 5.56 Å². The smallest absolute Gasteiger partial charge is 0.318 e. The second kappa shape index (κ2) is 7.79. The molecule has 2 aromatic rings. The Balaban J connectivity index is 1.84. The third kappa shape index (κ3) is 4.18. The van der Waals surface area contributed by atoms with Gasteiger partial charge in [-0.15, -0.1) is 0 Å². The van der Waals surface area contributed by atoms with Crippen LogP contribution in [-0.4, -0.2) is 47.5 Å². The van der Waals surface area contributed by atoms with Gasteiger partial charge in [0.15, 0.2) is 0 Å². The Bertz CT molecular complexity index is 891. The Morgan fingerprint density at radius 2 is 1.74 bits per heavy atom. The van der Waals surface area contributed by atoms with Gasteiger partial charge in [-0.2, -0.15) is 0 Å². The predicted molar refractivity (Wildman–Crippen MR) is 98.1 cm³/mol. The van der Waals surface area contributed by atoms with Crippen LogP contribution in [0, 0.1) is 20.2 Å². The topological polar surface area (TPSA) is 131 Å². The van der Waals surface area contributed by atoms with Crippen molar-refractivity contribution < 1.29 is 19.7 Å². The number of hydrogen-bond donors (Lipinski definition) is 1. The number of morpholine rings is 1. The van der Waals surface area contributed by atoms with Crippen LogP contribution in [0.3, 0.4) is 0 Å². The van der Waals surface area contributed by atoms with Crippen LogP contribution in [0.4, 0.5) is 22.7 Å². The number of benzene rings is 2. The highest BCUT2D eigenvalue weighted by Crippen LogP contribution is 2.33. The second-order valence-electron chi connectivity index (χ2n) is 5.79. The number of aliphatic imine (C=N–C) groups is 1. The number of phenols is 1. The monoisotopic (exact) mass is 372 g/mol. The van der Waals surface area contributed by atoms with Gasteiger partial charge in [-0.1, -0.05) is 0 Å². The number of rotatable bonds is 5. The number of ether oxygens (including phenoxy) is 1. The number of phenolic OH excluding ortho intramolecular Hbond substituents is 1. The normalized spacial score (nSPS) is 14.4. The van der Waals surface area contributed by atoms with Crippen LogP contribution in [0.15, 0.2) is 41.4 Å². The molecule has 140 valence electrons. The summed E-state index contributed by atoms with van der Waals surface area (Å²) in [6, 6.07) is 9.02. The molecule has 0 aliphatic carbocycles. The predicted octanol–water partition coefficient (Wildman–Crippen LogP) is 2.80. The molecule has 1 heterocycles. The maximum absolute atomic E-state index is 11.0. The molecule has 3 rings (SSSR count). The third-order valence-corrected chi connectivity index (χ3v) is 4.09. The van der Waals surface area contributed by atoms with Gasteiger partial charge >= 0.3 is 5.69 Å². The molecular formula is C17H16N4O6. The van der Waals surface area contributed by atoms with E-state index in [9.17, 15) is 25.3 Å². The van der Waals surface area contributed by atoms with Crippen LogP contribution in [0.2, 0.25) is 0 Å². The van der Waals surface area contributed by atoms with Gasteiger partial charge < -0.3 is 14.7 Å². The first-order chi connectivity index (χ1) is 13.0. The molecule has 10 nitrogen and oxygen atoms in total. The van der Waals surface area contributed by atoms with E-state index in [1.54, 1.807) is 12.1 Å². The highest BCUT2D eigenvalue weighted by atomic mass is 16.6. The molecule has 1 N–H and O–H groups in total. The zero-order chi connectivity index (χ0) is 19.4. The van der Waals surface area contributed by atoms with Crippen LogP contribution in [0.25, 0.3) is 0 Å². The summed E-state index contributed by atoms with van der Waals surface area (Å²) in [5.41, 5.74) is 0.219. The van der Waals surface area contributed by atoms with Crippen molar-refractivity contribution in [1.82, 2.24) is 0 Å². The molecule has 0 spiro atoms. The van der Waals surface area contributed by atoms with Crippen molar-refractivity contribution in [3.05, 3.63) is 62.2 Å².